The summed E-state index contributed by atoms with van der Waals surface area (Å²) in [6, 6.07) is 4.00. The average Bonchev–Trinajstić information content (AvgIpc) is 2.14. The molecule has 0 spiro atoms. The summed E-state index contributed by atoms with van der Waals surface area (Å²) >= 11 is 0. The molecule has 94 valence electrons. The van der Waals surface area contributed by atoms with E-state index in [9.17, 15) is 4.79 Å². The molecule has 0 aliphatic heterocycles. The number of carbonyl (C=O) groups excluding carboxylic acids is 1. The zero-order valence-electron chi connectivity index (χ0n) is 10.8. The first-order valence-electron chi connectivity index (χ1n) is 5.98. The van der Waals surface area contributed by atoms with Crippen molar-refractivity contribution in [3.63, 3.8) is 0 Å². The van der Waals surface area contributed by atoms with Gasteiger partial charge in [-0.3, -0.25) is 4.79 Å². The lowest BCUT2D eigenvalue weighted by Crippen LogP contribution is -2.17. The predicted octanol–water partition coefficient (Wildman–Crippen LogP) is 2.15. The van der Waals surface area contributed by atoms with E-state index in [-0.39, 0.29) is 11.9 Å². The first-order chi connectivity index (χ1) is 7.97. The fraction of sp³-hybridized carbons (Fsp3) is 0.538. The van der Waals surface area contributed by atoms with Gasteiger partial charge < -0.3 is 11.1 Å². The number of aromatic nitrogens is 1. The lowest BCUT2D eigenvalue weighted by atomic mass is 10.1. The van der Waals surface area contributed by atoms with Gasteiger partial charge in [0.05, 0.1) is 0 Å². The zero-order chi connectivity index (χ0) is 12.8. The molecule has 4 nitrogen and oxygen atoms in total. The summed E-state index contributed by atoms with van der Waals surface area (Å²) in [7, 11) is 0. The third-order valence-electron chi connectivity index (χ3n) is 2.43. The molecule has 0 aromatic carbocycles. The summed E-state index contributed by atoms with van der Waals surface area (Å²) in [6.45, 7) is 5.85. The van der Waals surface area contributed by atoms with Crippen molar-refractivity contribution >= 4 is 11.7 Å². The van der Waals surface area contributed by atoms with Crippen molar-refractivity contribution in [1.82, 2.24) is 4.98 Å². The van der Waals surface area contributed by atoms with E-state index in [4.69, 9.17) is 5.73 Å². The molecule has 0 saturated carbocycles. The maximum Gasteiger partial charge on any atom is 0.225 e. The van der Waals surface area contributed by atoms with Gasteiger partial charge in [0.25, 0.3) is 0 Å². The number of rotatable bonds is 5. The molecule has 0 aliphatic carbocycles. The first kappa shape index (κ1) is 13.6. The molecule has 17 heavy (non-hydrogen) atoms. The first-order valence-corrected chi connectivity index (χ1v) is 5.98. The number of aryl methyl sites for hydroxylation is 2. The second-order valence-electron chi connectivity index (χ2n) is 4.59. The van der Waals surface area contributed by atoms with E-state index < -0.39 is 0 Å². The predicted molar refractivity (Wildman–Crippen MR) is 69.8 cm³/mol. The van der Waals surface area contributed by atoms with Crippen LogP contribution in [0.5, 0.6) is 0 Å². The van der Waals surface area contributed by atoms with E-state index in [2.05, 4.69) is 10.3 Å². The van der Waals surface area contributed by atoms with Crippen LogP contribution in [0.1, 0.15) is 37.4 Å². The molecule has 3 N–H and O–H groups in total. The Hall–Kier alpha value is -1.42. The minimum absolute atomic E-state index is 0.00292. The van der Waals surface area contributed by atoms with Gasteiger partial charge in [-0.05, 0) is 51.3 Å². The molecule has 0 saturated heterocycles. The molecule has 1 unspecified atom stereocenters. The Morgan fingerprint density at radius 2 is 2.18 bits per heavy atom. The van der Waals surface area contributed by atoms with Crippen LogP contribution in [-0.2, 0) is 4.79 Å². The number of amides is 1. The minimum Gasteiger partial charge on any atom is -0.328 e. The number of nitrogens with one attached hydrogen (secondary N) is 1. The molecule has 4 heteroatoms. The molecular formula is C13H21N3O. The molecule has 1 atom stereocenters. The fourth-order valence-corrected chi connectivity index (χ4v) is 1.70. The Labute approximate surface area is 103 Å². The quantitative estimate of drug-likeness (QED) is 0.821. The second-order valence-corrected chi connectivity index (χ2v) is 4.59. The Morgan fingerprint density at radius 3 is 2.76 bits per heavy atom. The highest BCUT2D eigenvalue weighted by Crippen LogP contribution is 2.10. The Kier molecular flexibility index (Phi) is 5.10. The number of pyridine rings is 1. The number of carbonyl (C=O) groups is 1. The van der Waals surface area contributed by atoms with E-state index >= 15 is 0 Å². The highest BCUT2D eigenvalue weighted by molar-refractivity contribution is 5.89. The number of hydrogen-bond donors (Lipinski definition) is 2. The molecule has 1 amide bonds. The van der Waals surface area contributed by atoms with Crippen LogP contribution >= 0.6 is 0 Å². The lowest BCUT2D eigenvalue weighted by molar-refractivity contribution is -0.116. The van der Waals surface area contributed by atoms with Gasteiger partial charge in [-0.25, -0.2) is 4.98 Å². The molecule has 1 rings (SSSR count). The molecule has 0 bridgehead atoms. The third kappa shape index (κ3) is 5.45. The van der Waals surface area contributed by atoms with Gasteiger partial charge in [-0.1, -0.05) is 0 Å². The van der Waals surface area contributed by atoms with Crippen molar-refractivity contribution in [1.29, 1.82) is 0 Å². The topological polar surface area (TPSA) is 68.0 Å². The fourth-order valence-electron chi connectivity index (χ4n) is 1.70. The van der Waals surface area contributed by atoms with Crippen molar-refractivity contribution in [2.45, 2.75) is 46.1 Å². The Morgan fingerprint density at radius 1 is 1.47 bits per heavy atom. The summed E-state index contributed by atoms with van der Waals surface area (Å²) in [6.07, 6.45) is 2.18. The van der Waals surface area contributed by atoms with E-state index in [1.54, 1.807) is 0 Å². The van der Waals surface area contributed by atoms with Crippen molar-refractivity contribution < 1.29 is 4.79 Å². The lowest BCUT2D eigenvalue weighted by Gasteiger charge is -2.07. The van der Waals surface area contributed by atoms with Crippen LogP contribution in [-0.4, -0.2) is 16.9 Å². The summed E-state index contributed by atoms with van der Waals surface area (Å²) in [5.41, 5.74) is 7.64. The standard InChI is InChI=1S/C13H21N3O/c1-9-7-11(3)15-12(8-9)16-13(17)6-4-5-10(2)14/h7-8,10H,4-6,14H2,1-3H3,(H,15,16,17). The van der Waals surface area contributed by atoms with E-state index in [1.165, 1.54) is 0 Å². The van der Waals surface area contributed by atoms with E-state index in [0.29, 0.717) is 12.2 Å². The highest BCUT2D eigenvalue weighted by atomic mass is 16.1. The van der Waals surface area contributed by atoms with Crippen LogP contribution in [0.25, 0.3) is 0 Å². The molecule has 1 aromatic heterocycles. The molecule has 1 heterocycles. The molecule has 0 aliphatic rings. The Bertz CT molecular complexity index is 368. The number of nitrogens with zero attached hydrogens (tertiary/aromatic N) is 1. The molecular weight excluding hydrogens is 214 g/mol. The van der Waals surface area contributed by atoms with Gasteiger partial charge in [0, 0.05) is 18.2 Å². The molecule has 0 radical (unpaired) electrons. The SMILES string of the molecule is Cc1cc(C)nc(NC(=O)CCCC(C)N)c1. The van der Waals surface area contributed by atoms with Gasteiger partial charge in [-0.15, -0.1) is 0 Å². The van der Waals surface area contributed by atoms with Gasteiger partial charge in [0.15, 0.2) is 0 Å². The van der Waals surface area contributed by atoms with Crippen LogP contribution in [0.4, 0.5) is 5.82 Å². The van der Waals surface area contributed by atoms with Gasteiger partial charge >= 0.3 is 0 Å². The summed E-state index contributed by atoms with van der Waals surface area (Å²) < 4.78 is 0. The largest absolute Gasteiger partial charge is 0.328 e. The normalized spacial score (nSPS) is 12.2. The van der Waals surface area contributed by atoms with E-state index in [0.717, 1.165) is 24.1 Å². The average molecular weight is 235 g/mol. The smallest absolute Gasteiger partial charge is 0.225 e. The maximum atomic E-state index is 11.6. The van der Waals surface area contributed by atoms with Crippen LogP contribution in [0.15, 0.2) is 12.1 Å². The Balaban J connectivity index is 2.45. The minimum atomic E-state index is 0.00292. The van der Waals surface area contributed by atoms with Crippen molar-refractivity contribution in [3.05, 3.63) is 23.4 Å². The van der Waals surface area contributed by atoms with Gasteiger partial charge in [0.2, 0.25) is 5.91 Å². The third-order valence-corrected chi connectivity index (χ3v) is 2.43. The number of anilines is 1. The summed E-state index contributed by atoms with van der Waals surface area (Å²) in [4.78, 5) is 15.9. The zero-order valence-corrected chi connectivity index (χ0v) is 10.8. The van der Waals surface area contributed by atoms with Crippen LogP contribution in [0.2, 0.25) is 0 Å². The van der Waals surface area contributed by atoms with Crippen molar-refractivity contribution in [2.24, 2.45) is 5.73 Å². The monoisotopic (exact) mass is 235 g/mol. The highest BCUT2D eigenvalue weighted by Gasteiger charge is 2.05. The second kappa shape index (κ2) is 6.35. The van der Waals surface area contributed by atoms with Crippen molar-refractivity contribution in [3.8, 4) is 0 Å². The molecule has 1 aromatic rings. The maximum absolute atomic E-state index is 11.6. The van der Waals surface area contributed by atoms with Gasteiger partial charge in [-0.2, -0.15) is 0 Å². The summed E-state index contributed by atoms with van der Waals surface area (Å²) in [5, 5.41) is 2.81. The van der Waals surface area contributed by atoms with Crippen LogP contribution in [0.3, 0.4) is 0 Å². The number of hydrogen-bond acceptors (Lipinski definition) is 3. The number of nitrogens with two attached hydrogens (primary N) is 1. The van der Waals surface area contributed by atoms with Crippen LogP contribution < -0.4 is 11.1 Å². The summed E-state index contributed by atoms with van der Waals surface area (Å²) in [5.74, 6) is 0.636. The van der Waals surface area contributed by atoms with Crippen molar-refractivity contribution in [2.75, 3.05) is 5.32 Å². The van der Waals surface area contributed by atoms with Crippen LogP contribution in [0, 0.1) is 13.8 Å². The van der Waals surface area contributed by atoms with E-state index in [1.807, 2.05) is 32.9 Å². The van der Waals surface area contributed by atoms with Gasteiger partial charge in [0.1, 0.15) is 5.82 Å². The molecule has 0 fully saturated rings.